The van der Waals surface area contributed by atoms with Crippen molar-refractivity contribution in [1.29, 1.82) is 0 Å². The van der Waals surface area contributed by atoms with Gasteiger partial charge in [0, 0.05) is 51.1 Å². The van der Waals surface area contributed by atoms with Gasteiger partial charge in [-0.3, -0.25) is 4.79 Å². The minimum Gasteiger partial charge on any atom is -0.457 e. The zero-order valence-electron chi connectivity index (χ0n) is 26.4. The molecular formula is C32H51N3O8. The van der Waals surface area contributed by atoms with Crippen molar-refractivity contribution in [2.24, 2.45) is 11.8 Å². The standard InChI is InChI=1S/C32H51N3O8/c1-23(22-41-30(38)34-15-6-7-16-34)9-8-10-24(2)29-25(3)11-12-27(42-31(39)35-19-17-33(5)18-20-35)32(4,40)14-13-26(36)21-28(37)43-29/h8-12,23,25-27,29,36,40H,6-7,13-22H2,1-5H3/b9-8+,12-11+,24-10+/t23-,25+,26-,27+,29-,32+/m1/s1. The molecular weight excluding hydrogens is 554 g/mol. The Bertz CT molecular complexity index is 1030. The maximum Gasteiger partial charge on any atom is 0.410 e. The van der Waals surface area contributed by atoms with Gasteiger partial charge in [0.05, 0.1) is 19.1 Å². The predicted molar refractivity (Wildman–Crippen MR) is 162 cm³/mol. The van der Waals surface area contributed by atoms with Gasteiger partial charge in [-0.1, -0.05) is 38.2 Å². The Morgan fingerprint density at radius 3 is 2.44 bits per heavy atom. The van der Waals surface area contributed by atoms with Crippen LogP contribution in [0.4, 0.5) is 9.59 Å². The molecule has 2 N–H and O–H groups in total. The molecule has 2 amide bonds. The van der Waals surface area contributed by atoms with Gasteiger partial charge in [-0.05, 0) is 58.2 Å². The van der Waals surface area contributed by atoms with Crippen molar-refractivity contribution in [1.82, 2.24) is 14.7 Å². The first-order valence-corrected chi connectivity index (χ1v) is 15.5. The number of hydrogen-bond donors (Lipinski definition) is 2. The van der Waals surface area contributed by atoms with Gasteiger partial charge in [-0.15, -0.1) is 0 Å². The number of hydrogen-bond acceptors (Lipinski definition) is 9. The molecule has 43 heavy (non-hydrogen) atoms. The Labute approximate surface area is 256 Å². The number of nitrogens with zero attached hydrogens (tertiary/aromatic N) is 3. The first-order valence-electron chi connectivity index (χ1n) is 15.5. The van der Waals surface area contributed by atoms with Crippen LogP contribution in [0.25, 0.3) is 0 Å². The van der Waals surface area contributed by atoms with E-state index in [-0.39, 0.29) is 43.8 Å². The molecule has 0 aromatic carbocycles. The lowest BCUT2D eigenvalue weighted by atomic mass is 9.89. The number of allylic oxidation sites excluding steroid dienone is 2. The summed E-state index contributed by atoms with van der Waals surface area (Å²) in [7, 11) is 2.00. The highest BCUT2D eigenvalue weighted by atomic mass is 16.6. The van der Waals surface area contributed by atoms with Gasteiger partial charge in [-0.25, -0.2) is 9.59 Å². The summed E-state index contributed by atoms with van der Waals surface area (Å²) in [5.41, 5.74) is -0.688. The van der Waals surface area contributed by atoms with Crippen molar-refractivity contribution in [3.63, 3.8) is 0 Å². The normalized spacial score (nSPS) is 31.6. The van der Waals surface area contributed by atoms with Gasteiger partial charge in [-0.2, -0.15) is 0 Å². The largest absolute Gasteiger partial charge is 0.457 e. The van der Waals surface area contributed by atoms with Gasteiger partial charge in [0.1, 0.15) is 11.7 Å². The summed E-state index contributed by atoms with van der Waals surface area (Å²) in [5, 5.41) is 21.9. The van der Waals surface area contributed by atoms with E-state index in [1.54, 1.807) is 28.9 Å². The summed E-state index contributed by atoms with van der Waals surface area (Å²) < 4.78 is 17.1. The van der Waals surface area contributed by atoms with Crippen molar-refractivity contribution in [3.05, 3.63) is 36.0 Å². The van der Waals surface area contributed by atoms with Crippen LogP contribution in [0.3, 0.4) is 0 Å². The molecule has 0 spiro atoms. The monoisotopic (exact) mass is 605 g/mol. The number of amides is 2. The maximum absolute atomic E-state index is 13.0. The summed E-state index contributed by atoms with van der Waals surface area (Å²) in [6.45, 7) is 11.6. The fourth-order valence-electron chi connectivity index (χ4n) is 5.36. The van der Waals surface area contributed by atoms with Crippen molar-refractivity contribution >= 4 is 18.2 Å². The second kappa shape index (κ2) is 16.3. The van der Waals surface area contributed by atoms with Crippen LogP contribution in [0.1, 0.15) is 59.8 Å². The number of esters is 1. The van der Waals surface area contributed by atoms with Crippen LogP contribution in [0, 0.1) is 11.8 Å². The average molecular weight is 606 g/mol. The molecule has 3 aliphatic heterocycles. The number of likely N-dealkylation sites (N-methyl/N-ethyl adjacent to an activating group) is 1. The molecule has 2 fully saturated rings. The quantitative estimate of drug-likeness (QED) is 0.202. The van der Waals surface area contributed by atoms with Crippen LogP contribution in [0.15, 0.2) is 36.0 Å². The summed E-state index contributed by atoms with van der Waals surface area (Å²) >= 11 is 0. The Kier molecular flexibility index (Phi) is 13.1. The van der Waals surface area contributed by atoms with Crippen molar-refractivity contribution < 1.29 is 38.8 Å². The number of carbonyl (C=O) groups excluding carboxylic acids is 3. The molecule has 2 saturated heterocycles. The lowest BCUT2D eigenvalue weighted by Gasteiger charge is -2.36. The van der Waals surface area contributed by atoms with Crippen molar-refractivity contribution in [2.75, 3.05) is 52.9 Å². The van der Waals surface area contributed by atoms with E-state index in [1.165, 1.54) is 0 Å². The Morgan fingerprint density at radius 1 is 1.12 bits per heavy atom. The molecule has 3 rings (SSSR count). The number of aliphatic hydroxyl groups is 2. The third-order valence-corrected chi connectivity index (χ3v) is 8.40. The second-order valence-electron chi connectivity index (χ2n) is 12.5. The molecule has 0 radical (unpaired) electrons. The molecule has 0 aromatic rings. The Hall–Kier alpha value is -2.89. The average Bonchev–Trinajstić information content (AvgIpc) is 3.50. The zero-order chi connectivity index (χ0) is 31.6. The molecule has 0 bridgehead atoms. The van der Waals surface area contributed by atoms with E-state index in [0.717, 1.165) is 44.6 Å². The summed E-state index contributed by atoms with van der Waals surface area (Å²) in [6.07, 6.45) is 7.76. The zero-order valence-corrected chi connectivity index (χ0v) is 26.4. The SMILES string of the molecule is C/C(=C\C=C\[C@@H](C)COC(=O)N1CCCC1)[C@H]1OC(=O)C[C@H](O)CC[C@](C)(O)[C@@H](OC(=O)N2CCN(C)CC2)/C=C/[C@@H]1C. The van der Waals surface area contributed by atoms with E-state index in [9.17, 15) is 24.6 Å². The first kappa shape index (κ1) is 34.6. The van der Waals surface area contributed by atoms with Gasteiger partial charge in [0.25, 0.3) is 0 Å². The Balaban J connectivity index is 1.71. The molecule has 6 atom stereocenters. The topological polar surface area (TPSA) is 129 Å². The predicted octanol–water partition coefficient (Wildman–Crippen LogP) is 3.51. The van der Waals surface area contributed by atoms with Crippen LogP contribution in [0.5, 0.6) is 0 Å². The first-order chi connectivity index (χ1) is 20.4. The van der Waals surface area contributed by atoms with Crippen molar-refractivity contribution in [2.45, 2.75) is 83.7 Å². The van der Waals surface area contributed by atoms with Crippen LogP contribution in [-0.2, 0) is 19.0 Å². The van der Waals surface area contributed by atoms with E-state index in [2.05, 4.69) is 4.90 Å². The van der Waals surface area contributed by atoms with Crippen molar-refractivity contribution in [3.8, 4) is 0 Å². The van der Waals surface area contributed by atoms with Gasteiger partial charge in [0.15, 0.2) is 6.10 Å². The molecule has 0 aliphatic carbocycles. The summed E-state index contributed by atoms with van der Waals surface area (Å²) in [4.78, 5) is 43.4. The lowest BCUT2D eigenvalue weighted by molar-refractivity contribution is -0.151. The molecule has 0 saturated carbocycles. The highest BCUT2D eigenvalue weighted by Gasteiger charge is 2.36. The molecule has 3 aliphatic rings. The van der Waals surface area contributed by atoms with Gasteiger partial charge < -0.3 is 39.1 Å². The van der Waals surface area contributed by atoms with E-state index < -0.39 is 36.0 Å². The number of likely N-dealkylation sites (tertiary alicyclic amines) is 1. The van der Waals surface area contributed by atoms with E-state index in [1.807, 2.05) is 46.0 Å². The number of cyclic esters (lactones) is 1. The maximum atomic E-state index is 13.0. The summed E-state index contributed by atoms with van der Waals surface area (Å²) in [6, 6.07) is 0. The second-order valence-corrected chi connectivity index (χ2v) is 12.5. The molecule has 3 heterocycles. The molecule has 0 unspecified atom stereocenters. The number of carbonyl (C=O) groups is 3. The number of piperazine rings is 1. The minimum absolute atomic E-state index is 0.0140. The smallest absolute Gasteiger partial charge is 0.410 e. The van der Waals surface area contributed by atoms with Crippen LogP contribution < -0.4 is 0 Å². The summed E-state index contributed by atoms with van der Waals surface area (Å²) in [5.74, 6) is -0.875. The van der Waals surface area contributed by atoms with E-state index in [0.29, 0.717) is 13.1 Å². The highest BCUT2D eigenvalue weighted by molar-refractivity contribution is 5.70. The molecule has 11 heteroatoms. The third kappa shape index (κ3) is 11.0. The number of aliphatic hydroxyl groups excluding tert-OH is 1. The van der Waals surface area contributed by atoms with Crippen LogP contribution >= 0.6 is 0 Å². The fourth-order valence-corrected chi connectivity index (χ4v) is 5.36. The number of ether oxygens (including phenoxy) is 3. The van der Waals surface area contributed by atoms with E-state index in [4.69, 9.17) is 14.2 Å². The van der Waals surface area contributed by atoms with Crippen LogP contribution in [0.2, 0.25) is 0 Å². The number of rotatable bonds is 6. The molecule has 0 aromatic heterocycles. The Morgan fingerprint density at radius 2 is 1.77 bits per heavy atom. The molecule has 11 nitrogen and oxygen atoms in total. The molecule has 242 valence electrons. The third-order valence-electron chi connectivity index (χ3n) is 8.40. The fraction of sp³-hybridized carbons (Fsp3) is 0.719. The van der Waals surface area contributed by atoms with Gasteiger partial charge >= 0.3 is 18.2 Å². The van der Waals surface area contributed by atoms with E-state index >= 15 is 0 Å². The lowest BCUT2D eigenvalue weighted by Crippen LogP contribution is -2.50. The minimum atomic E-state index is -1.46. The van der Waals surface area contributed by atoms with Crippen LogP contribution in [-0.4, -0.2) is 120 Å². The van der Waals surface area contributed by atoms with Gasteiger partial charge in [0.2, 0.25) is 0 Å². The highest BCUT2D eigenvalue weighted by Crippen LogP contribution is 2.27.